The summed E-state index contributed by atoms with van der Waals surface area (Å²) in [6, 6.07) is 12.1. The highest BCUT2D eigenvalue weighted by molar-refractivity contribution is 5.87. The van der Waals surface area contributed by atoms with Gasteiger partial charge in [-0.2, -0.15) is 0 Å². The van der Waals surface area contributed by atoms with Gasteiger partial charge in [0, 0.05) is 36.2 Å². The van der Waals surface area contributed by atoms with E-state index in [1.807, 2.05) is 0 Å². The van der Waals surface area contributed by atoms with Crippen LogP contribution in [0, 0.1) is 20.8 Å². The van der Waals surface area contributed by atoms with Crippen LogP contribution in [0.3, 0.4) is 0 Å². The summed E-state index contributed by atoms with van der Waals surface area (Å²) in [7, 11) is 1.76. The fraction of sp³-hybridized carbons (Fsp3) is 0.462. The predicted molar refractivity (Wildman–Crippen MR) is 120 cm³/mol. The van der Waals surface area contributed by atoms with Crippen LogP contribution in [0.2, 0.25) is 0 Å². The molecule has 0 N–H and O–H groups in total. The topological polar surface area (TPSA) is 17.4 Å². The van der Waals surface area contributed by atoms with Gasteiger partial charge in [0.25, 0.3) is 0 Å². The molecule has 5 rings (SSSR count). The summed E-state index contributed by atoms with van der Waals surface area (Å²) in [5, 5.41) is 1.50. The molecule has 0 saturated carbocycles. The second kappa shape index (κ2) is 7.21. The van der Waals surface area contributed by atoms with Crippen molar-refractivity contribution in [1.82, 2.24) is 9.47 Å². The molecule has 1 atom stereocenters. The number of hydrogen-bond donors (Lipinski definition) is 0. The standard InChI is InChI=1S/C26H32N2O/c1-17-9-10-23-22(13-17)21-7-5-8-24-26(21)28(23)12-6-11-27(24)16-20-14-19(3)25(29-4)15-18(20)2/h9-10,13-15,24H,5-8,11-12,16H2,1-4H3/t24-/m1/s1. The summed E-state index contributed by atoms with van der Waals surface area (Å²) >= 11 is 0. The van der Waals surface area contributed by atoms with E-state index in [2.05, 4.69) is 60.6 Å². The van der Waals surface area contributed by atoms with Gasteiger partial charge in [-0.25, -0.2) is 0 Å². The lowest BCUT2D eigenvalue weighted by atomic mass is 9.90. The minimum Gasteiger partial charge on any atom is -0.496 e. The molecule has 2 aliphatic rings. The number of methoxy groups -OCH3 is 1. The van der Waals surface area contributed by atoms with Crippen molar-refractivity contribution in [2.45, 2.75) is 65.6 Å². The average Bonchev–Trinajstić information content (AvgIpc) is 2.90. The number of rotatable bonds is 3. The van der Waals surface area contributed by atoms with Gasteiger partial charge >= 0.3 is 0 Å². The zero-order chi connectivity index (χ0) is 20.1. The summed E-state index contributed by atoms with van der Waals surface area (Å²) in [6.45, 7) is 9.94. The Hall–Kier alpha value is -2.26. The molecule has 3 nitrogen and oxygen atoms in total. The third-order valence-corrected chi connectivity index (χ3v) is 7.08. The third kappa shape index (κ3) is 3.07. The first kappa shape index (κ1) is 18.7. The summed E-state index contributed by atoms with van der Waals surface area (Å²) in [5.74, 6) is 0.998. The normalized spacial score (nSPS) is 19.2. The van der Waals surface area contributed by atoms with E-state index in [-0.39, 0.29) is 0 Å². The minimum atomic E-state index is 0.538. The number of hydrogen-bond acceptors (Lipinski definition) is 2. The minimum absolute atomic E-state index is 0.538. The first-order valence-electron chi connectivity index (χ1n) is 11.1. The Balaban J connectivity index is 1.57. The number of aryl methyl sites for hydroxylation is 5. The van der Waals surface area contributed by atoms with Gasteiger partial charge < -0.3 is 9.30 Å². The molecule has 2 heterocycles. The highest BCUT2D eigenvalue weighted by atomic mass is 16.5. The third-order valence-electron chi connectivity index (χ3n) is 7.08. The number of aromatic nitrogens is 1. The quantitative estimate of drug-likeness (QED) is 0.559. The van der Waals surface area contributed by atoms with Gasteiger partial charge in [0.1, 0.15) is 5.75 Å². The predicted octanol–water partition coefficient (Wildman–Crippen LogP) is 5.86. The van der Waals surface area contributed by atoms with Gasteiger partial charge in [-0.15, -0.1) is 0 Å². The smallest absolute Gasteiger partial charge is 0.122 e. The Morgan fingerprint density at radius 2 is 1.86 bits per heavy atom. The van der Waals surface area contributed by atoms with Crippen LogP contribution in [-0.2, 0) is 19.5 Å². The molecule has 1 aromatic heterocycles. The fourth-order valence-corrected chi connectivity index (χ4v) is 5.64. The van der Waals surface area contributed by atoms with Crippen LogP contribution in [0.15, 0.2) is 30.3 Å². The van der Waals surface area contributed by atoms with Crippen molar-refractivity contribution in [2.24, 2.45) is 0 Å². The monoisotopic (exact) mass is 388 g/mol. The first-order valence-corrected chi connectivity index (χ1v) is 11.1. The molecule has 0 unspecified atom stereocenters. The average molecular weight is 389 g/mol. The Bertz CT molecular complexity index is 1070. The van der Waals surface area contributed by atoms with Gasteiger partial charge in [0.15, 0.2) is 0 Å². The van der Waals surface area contributed by atoms with Crippen LogP contribution in [0.4, 0.5) is 0 Å². The van der Waals surface area contributed by atoms with E-state index in [0.29, 0.717) is 6.04 Å². The highest BCUT2D eigenvalue weighted by Crippen LogP contribution is 2.43. The molecule has 1 aliphatic carbocycles. The van der Waals surface area contributed by atoms with Crippen molar-refractivity contribution in [3.05, 3.63) is 63.8 Å². The maximum atomic E-state index is 5.53. The van der Waals surface area contributed by atoms with Crippen molar-refractivity contribution in [3.8, 4) is 5.75 Å². The summed E-state index contributed by atoms with van der Waals surface area (Å²) in [4.78, 5) is 2.75. The van der Waals surface area contributed by atoms with Gasteiger partial charge in [0.2, 0.25) is 0 Å². The van der Waals surface area contributed by atoms with E-state index >= 15 is 0 Å². The van der Waals surface area contributed by atoms with Gasteiger partial charge in [-0.3, -0.25) is 4.90 Å². The molecule has 29 heavy (non-hydrogen) atoms. The number of nitrogens with zero attached hydrogens (tertiary/aromatic N) is 2. The van der Waals surface area contributed by atoms with E-state index in [1.54, 1.807) is 18.4 Å². The molecule has 2 aromatic carbocycles. The maximum Gasteiger partial charge on any atom is 0.122 e. The molecular weight excluding hydrogens is 356 g/mol. The second-order valence-electron chi connectivity index (χ2n) is 9.02. The van der Waals surface area contributed by atoms with Crippen LogP contribution in [0.25, 0.3) is 10.9 Å². The SMILES string of the molecule is COc1cc(C)c(CN2CCCn3c4c(c5cc(C)ccc53)CCC[C@H]42)cc1C. The number of benzene rings is 2. The Morgan fingerprint density at radius 3 is 2.69 bits per heavy atom. The summed E-state index contributed by atoms with van der Waals surface area (Å²) < 4.78 is 8.18. The molecule has 3 heteroatoms. The largest absolute Gasteiger partial charge is 0.496 e. The number of ether oxygens (including phenoxy) is 1. The van der Waals surface area contributed by atoms with E-state index < -0.39 is 0 Å². The van der Waals surface area contributed by atoms with Crippen molar-refractivity contribution < 1.29 is 4.74 Å². The Kier molecular flexibility index (Phi) is 4.66. The summed E-state index contributed by atoms with van der Waals surface area (Å²) in [6.07, 6.45) is 5.01. The lowest BCUT2D eigenvalue weighted by Gasteiger charge is -2.34. The van der Waals surface area contributed by atoms with Crippen molar-refractivity contribution in [1.29, 1.82) is 0 Å². The molecule has 152 valence electrons. The van der Waals surface area contributed by atoms with Crippen LogP contribution in [0.5, 0.6) is 5.75 Å². The second-order valence-corrected chi connectivity index (χ2v) is 9.02. The van der Waals surface area contributed by atoms with E-state index in [9.17, 15) is 0 Å². The Morgan fingerprint density at radius 1 is 1.00 bits per heavy atom. The van der Waals surface area contributed by atoms with Crippen molar-refractivity contribution in [2.75, 3.05) is 13.7 Å². The zero-order valence-corrected chi connectivity index (χ0v) is 18.2. The molecular formula is C26H32N2O. The molecule has 0 amide bonds. The molecule has 0 fully saturated rings. The molecule has 0 spiro atoms. The van der Waals surface area contributed by atoms with Gasteiger partial charge in [0.05, 0.1) is 13.2 Å². The highest BCUT2D eigenvalue weighted by Gasteiger charge is 2.33. The van der Waals surface area contributed by atoms with Gasteiger partial charge in [-0.1, -0.05) is 17.7 Å². The Labute approximate surface area is 174 Å². The zero-order valence-electron chi connectivity index (χ0n) is 18.2. The lowest BCUT2D eigenvalue weighted by molar-refractivity contribution is 0.173. The van der Waals surface area contributed by atoms with Crippen LogP contribution < -0.4 is 4.74 Å². The van der Waals surface area contributed by atoms with Crippen LogP contribution in [-0.4, -0.2) is 23.1 Å². The molecule has 1 aliphatic heterocycles. The lowest BCUT2D eigenvalue weighted by Crippen LogP contribution is -2.31. The van der Waals surface area contributed by atoms with Crippen LogP contribution in [0.1, 0.15) is 58.8 Å². The maximum absolute atomic E-state index is 5.53. The van der Waals surface area contributed by atoms with Crippen LogP contribution >= 0.6 is 0 Å². The summed E-state index contributed by atoms with van der Waals surface area (Å²) in [5.41, 5.74) is 10.1. The van der Waals surface area contributed by atoms with E-state index in [4.69, 9.17) is 4.74 Å². The first-order chi connectivity index (χ1) is 14.1. The number of fused-ring (bicyclic) bond motifs is 3. The van der Waals surface area contributed by atoms with Crippen molar-refractivity contribution >= 4 is 10.9 Å². The van der Waals surface area contributed by atoms with E-state index in [0.717, 1.165) is 18.8 Å². The molecule has 3 aromatic rings. The molecule has 0 radical (unpaired) electrons. The molecule has 0 saturated heterocycles. The van der Waals surface area contributed by atoms with Crippen molar-refractivity contribution in [3.63, 3.8) is 0 Å². The van der Waals surface area contributed by atoms with Gasteiger partial charge in [-0.05, 0) is 86.9 Å². The molecule has 0 bridgehead atoms. The fourth-order valence-electron chi connectivity index (χ4n) is 5.64. The van der Waals surface area contributed by atoms with E-state index in [1.165, 1.54) is 65.4 Å².